The molecule has 1 aromatic rings. The van der Waals surface area contributed by atoms with Crippen LogP contribution in [0.25, 0.3) is 0 Å². The van der Waals surface area contributed by atoms with Gasteiger partial charge < -0.3 is 15.7 Å². The highest BCUT2D eigenvalue weighted by Crippen LogP contribution is 2.15. The molecule has 0 saturated carbocycles. The van der Waals surface area contributed by atoms with Crippen LogP contribution in [0.1, 0.15) is 18.1 Å². The molecule has 0 aliphatic carbocycles. The predicted octanol–water partition coefficient (Wildman–Crippen LogP) is 1.14. The number of amidine groups is 1. The normalized spacial score (nSPS) is 21.6. The fraction of sp³-hybridized carbons (Fsp3) is 0.462. The maximum atomic E-state index is 13.9. The van der Waals surface area contributed by atoms with Gasteiger partial charge in [-0.05, 0) is 13.0 Å². The number of benzene rings is 1. The summed E-state index contributed by atoms with van der Waals surface area (Å²) >= 11 is 0. The van der Waals surface area contributed by atoms with E-state index in [4.69, 9.17) is 15.7 Å². The second-order valence-corrected chi connectivity index (χ2v) is 4.71. The fourth-order valence-corrected chi connectivity index (χ4v) is 2.17. The maximum Gasteiger partial charge on any atom is 0.170 e. The quantitative estimate of drug-likeness (QED) is 0.373. The molecule has 1 aliphatic heterocycles. The van der Waals surface area contributed by atoms with Gasteiger partial charge in [0.15, 0.2) is 5.84 Å². The monoisotopic (exact) mass is 267 g/mol. The molecule has 1 aromatic carbocycles. The molecule has 1 fully saturated rings. The highest BCUT2D eigenvalue weighted by molar-refractivity contribution is 5.97. The molecule has 1 heterocycles. The van der Waals surface area contributed by atoms with Gasteiger partial charge in [0.1, 0.15) is 5.82 Å². The highest BCUT2D eigenvalue weighted by atomic mass is 19.1. The van der Waals surface area contributed by atoms with Gasteiger partial charge in [-0.3, -0.25) is 4.90 Å². The minimum absolute atomic E-state index is 0.0922. The molecule has 1 saturated heterocycles. The zero-order chi connectivity index (χ0) is 13.8. The Labute approximate surface area is 111 Å². The van der Waals surface area contributed by atoms with Gasteiger partial charge in [-0.25, -0.2) is 4.39 Å². The summed E-state index contributed by atoms with van der Waals surface area (Å²) < 4.78 is 19.4. The Morgan fingerprint density at radius 3 is 3.05 bits per heavy atom. The van der Waals surface area contributed by atoms with Gasteiger partial charge in [-0.2, -0.15) is 0 Å². The van der Waals surface area contributed by atoms with E-state index in [1.54, 1.807) is 12.1 Å². The minimum atomic E-state index is -0.344. The molecular weight excluding hydrogens is 249 g/mol. The number of rotatable bonds is 3. The van der Waals surface area contributed by atoms with Crippen LogP contribution in [0.2, 0.25) is 0 Å². The molecule has 0 radical (unpaired) electrons. The predicted molar refractivity (Wildman–Crippen MR) is 69.6 cm³/mol. The average molecular weight is 267 g/mol. The van der Waals surface area contributed by atoms with Crippen molar-refractivity contribution in [2.24, 2.45) is 10.9 Å². The molecule has 0 amide bonds. The van der Waals surface area contributed by atoms with Gasteiger partial charge in [0, 0.05) is 30.8 Å². The highest BCUT2D eigenvalue weighted by Gasteiger charge is 2.18. The molecule has 3 N–H and O–H groups in total. The number of hydrogen-bond acceptors (Lipinski definition) is 4. The van der Waals surface area contributed by atoms with Crippen molar-refractivity contribution in [1.82, 2.24) is 4.90 Å². The zero-order valence-corrected chi connectivity index (χ0v) is 10.8. The summed E-state index contributed by atoms with van der Waals surface area (Å²) in [5.74, 6) is -0.436. The summed E-state index contributed by atoms with van der Waals surface area (Å²) in [6.07, 6.45) is 0.174. The van der Waals surface area contributed by atoms with E-state index in [2.05, 4.69) is 10.1 Å². The van der Waals surface area contributed by atoms with Gasteiger partial charge in [-0.1, -0.05) is 17.3 Å². The third kappa shape index (κ3) is 3.42. The lowest BCUT2D eigenvalue weighted by atomic mass is 10.1. The van der Waals surface area contributed by atoms with E-state index in [1.807, 2.05) is 6.92 Å². The van der Waals surface area contributed by atoms with Crippen molar-refractivity contribution in [3.05, 3.63) is 35.1 Å². The Hall–Kier alpha value is -1.66. The van der Waals surface area contributed by atoms with Crippen LogP contribution >= 0.6 is 0 Å². The number of oxime groups is 1. The zero-order valence-electron chi connectivity index (χ0n) is 10.8. The van der Waals surface area contributed by atoms with Crippen LogP contribution in [0.3, 0.4) is 0 Å². The van der Waals surface area contributed by atoms with E-state index in [0.29, 0.717) is 24.3 Å². The molecule has 104 valence electrons. The molecule has 0 bridgehead atoms. The first-order chi connectivity index (χ1) is 9.10. The number of halogens is 1. The van der Waals surface area contributed by atoms with Gasteiger partial charge in [0.05, 0.1) is 12.7 Å². The lowest BCUT2D eigenvalue weighted by molar-refractivity contribution is -0.0215. The van der Waals surface area contributed by atoms with Gasteiger partial charge in [0.2, 0.25) is 0 Å². The van der Waals surface area contributed by atoms with E-state index in [9.17, 15) is 4.39 Å². The number of morpholine rings is 1. The van der Waals surface area contributed by atoms with Crippen LogP contribution in [0.4, 0.5) is 4.39 Å². The van der Waals surface area contributed by atoms with Crippen LogP contribution in [0.15, 0.2) is 23.4 Å². The molecule has 0 spiro atoms. The fourth-order valence-electron chi connectivity index (χ4n) is 2.17. The van der Waals surface area contributed by atoms with Gasteiger partial charge in [0.25, 0.3) is 0 Å². The summed E-state index contributed by atoms with van der Waals surface area (Å²) in [4.78, 5) is 2.15. The lowest BCUT2D eigenvalue weighted by Crippen LogP contribution is -2.40. The number of nitrogens with zero attached hydrogens (tertiary/aromatic N) is 2. The first-order valence-electron chi connectivity index (χ1n) is 6.20. The first kappa shape index (κ1) is 13.8. The molecular formula is C13H18FN3O2. The lowest BCUT2D eigenvalue weighted by Gasteiger charge is -2.31. The van der Waals surface area contributed by atoms with Crippen LogP contribution in [0, 0.1) is 5.82 Å². The van der Waals surface area contributed by atoms with Crippen molar-refractivity contribution in [1.29, 1.82) is 0 Å². The topological polar surface area (TPSA) is 71.1 Å². The molecule has 6 heteroatoms. The molecule has 0 aromatic heterocycles. The Bertz CT molecular complexity index is 479. The Morgan fingerprint density at radius 1 is 1.63 bits per heavy atom. The second kappa shape index (κ2) is 5.99. The molecule has 1 atom stereocenters. The van der Waals surface area contributed by atoms with E-state index in [0.717, 1.165) is 13.1 Å². The molecule has 1 unspecified atom stereocenters. The van der Waals surface area contributed by atoms with Crippen LogP contribution in [0.5, 0.6) is 0 Å². The first-order valence-corrected chi connectivity index (χ1v) is 6.20. The number of nitrogens with two attached hydrogens (primary N) is 1. The van der Waals surface area contributed by atoms with E-state index < -0.39 is 0 Å². The Balaban J connectivity index is 2.09. The van der Waals surface area contributed by atoms with Crippen LogP contribution in [-0.2, 0) is 11.3 Å². The summed E-state index contributed by atoms with van der Waals surface area (Å²) in [7, 11) is 0. The van der Waals surface area contributed by atoms with Crippen LogP contribution in [-0.4, -0.2) is 41.7 Å². The number of ether oxygens (including phenoxy) is 1. The van der Waals surface area contributed by atoms with E-state index in [1.165, 1.54) is 6.07 Å². The minimum Gasteiger partial charge on any atom is -0.409 e. The second-order valence-electron chi connectivity index (χ2n) is 4.71. The Kier molecular flexibility index (Phi) is 4.34. The number of hydrogen-bond donors (Lipinski definition) is 2. The smallest absolute Gasteiger partial charge is 0.170 e. The van der Waals surface area contributed by atoms with Crippen molar-refractivity contribution >= 4 is 5.84 Å². The standard InChI is InChI=1S/C13H18FN3O2/c1-9-7-17(4-5-19-9)8-11-3-2-10(6-12(11)14)13(15)16-18/h2-3,6,9,18H,4-5,7-8H2,1H3,(H2,15,16). The molecule has 19 heavy (non-hydrogen) atoms. The third-order valence-electron chi connectivity index (χ3n) is 3.18. The van der Waals surface area contributed by atoms with Crippen LogP contribution < -0.4 is 5.73 Å². The largest absolute Gasteiger partial charge is 0.409 e. The summed E-state index contributed by atoms with van der Waals surface area (Å²) in [6.45, 7) is 4.80. The summed E-state index contributed by atoms with van der Waals surface area (Å²) in [5, 5.41) is 11.4. The van der Waals surface area contributed by atoms with Crippen molar-refractivity contribution in [3.63, 3.8) is 0 Å². The van der Waals surface area contributed by atoms with Gasteiger partial charge >= 0.3 is 0 Å². The van der Waals surface area contributed by atoms with Crippen molar-refractivity contribution in [3.8, 4) is 0 Å². The molecule has 1 aliphatic rings. The maximum absolute atomic E-state index is 13.9. The SMILES string of the molecule is CC1CN(Cc2ccc(/C(N)=N/O)cc2F)CCO1. The van der Waals surface area contributed by atoms with Crippen molar-refractivity contribution in [2.75, 3.05) is 19.7 Å². The Morgan fingerprint density at radius 2 is 2.42 bits per heavy atom. The average Bonchev–Trinajstić information content (AvgIpc) is 2.40. The molecule has 5 nitrogen and oxygen atoms in total. The van der Waals surface area contributed by atoms with E-state index >= 15 is 0 Å². The summed E-state index contributed by atoms with van der Waals surface area (Å²) in [6, 6.07) is 4.61. The third-order valence-corrected chi connectivity index (χ3v) is 3.18. The van der Waals surface area contributed by atoms with Crippen molar-refractivity contribution < 1.29 is 14.3 Å². The van der Waals surface area contributed by atoms with E-state index in [-0.39, 0.29) is 17.8 Å². The van der Waals surface area contributed by atoms with Gasteiger partial charge in [-0.15, -0.1) is 0 Å². The summed E-state index contributed by atoms with van der Waals surface area (Å²) in [5.41, 5.74) is 6.40. The van der Waals surface area contributed by atoms with Crippen molar-refractivity contribution in [2.45, 2.75) is 19.6 Å². The molecule has 2 rings (SSSR count).